The zero-order chi connectivity index (χ0) is 36.8. The Kier molecular flexibility index (Phi) is 9.44. The zero-order valence-corrected chi connectivity index (χ0v) is 33.3. The van der Waals surface area contributed by atoms with E-state index in [1.807, 2.05) is 30.5 Å². The molecule has 0 aliphatic heterocycles. The predicted octanol–water partition coefficient (Wildman–Crippen LogP) is 12.0. The molecule has 0 saturated carbocycles. The van der Waals surface area contributed by atoms with Gasteiger partial charge in [-0.2, -0.15) is 0 Å². The molecule has 0 saturated heterocycles. The van der Waals surface area contributed by atoms with Crippen LogP contribution in [0.15, 0.2) is 109 Å². The third kappa shape index (κ3) is 6.95. The molecule has 5 nitrogen and oxygen atoms in total. The van der Waals surface area contributed by atoms with Gasteiger partial charge in [-0.3, -0.25) is 0 Å². The molecule has 0 amide bonds. The zero-order valence-electron chi connectivity index (χ0n) is 31.0. The number of hydrogen-bond acceptors (Lipinski definition) is 4. The van der Waals surface area contributed by atoms with Crippen molar-refractivity contribution in [1.82, 2.24) is 9.55 Å². The molecule has 0 bridgehead atoms. The summed E-state index contributed by atoms with van der Waals surface area (Å²) in [5, 5.41) is 5.99. The molecule has 5 aromatic carbocycles. The van der Waals surface area contributed by atoms with Crippen LogP contribution < -0.4 is 15.0 Å². The number of nitrogens with zero attached hydrogens (tertiary/aromatic N) is 3. The molecule has 0 aliphatic rings. The van der Waals surface area contributed by atoms with Crippen LogP contribution >= 0.6 is 0 Å². The van der Waals surface area contributed by atoms with Crippen LogP contribution in [0.2, 0.25) is 0 Å². The Hall–Kier alpha value is -4.99. The third-order valence-electron chi connectivity index (χ3n) is 9.57. The van der Waals surface area contributed by atoms with E-state index in [0.717, 1.165) is 55.9 Å². The maximum absolute atomic E-state index is 6.81. The topological polar surface area (TPSA) is 42.3 Å². The third-order valence-corrected chi connectivity index (χ3v) is 10.2. The van der Waals surface area contributed by atoms with Crippen molar-refractivity contribution < 1.29 is 24.1 Å². The number of para-hydroxylation sites is 1. The summed E-state index contributed by atoms with van der Waals surface area (Å²) in [5.41, 5.74) is 10.6. The molecule has 1 N–H and O–H groups in total. The molecule has 0 fully saturated rings. The van der Waals surface area contributed by atoms with Crippen molar-refractivity contribution in [2.75, 3.05) is 10.2 Å². The number of nitrogens with one attached hydrogen (secondary N) is 1. The Labute approximate surface area is 318 Å². The molecule has 266 valence electrons. The maximum atomic E-state index is 6.81. The van der Waals surface area contributed by atoms with Crippen molar-refractivity contribution >= 4 is 49.1 Å². The molecule has 0 radical (unpaired) electrons. The van der Waals surface area contributed by atoms with Crippen molar-refractivity contribution in [1.29, 1.82) is 0 Å². The molecule has 2 aromatic heterocycles. The van der Waals surface area contributed by atoms with Crippen LogP contribution in [0.1, 0.15) is 63.8 Å². The van der Waals surface area contributed by atoms with Crippen molar-refractivity contribution in [2.24, 2.45) is 0 Å². The summed E-state index contributed by atoms with van der Waals surface area (Å²) in [4.78, 5) is 6.87. The number of aromatic nitrogens is 2. The summed E-state index contributed by atoms with van der Waals surface area (Å²) in [6.07, 6.45) is 1.82. The van der Waals surface area contributed by atoms with Gasteiger partial charge in [-0.05, 0) is 6.07 Å². The van der Waals surface area contributed by atoms with Crippen LogP contribution in [0.5, 0.6) is 11.5 Å². The van der Waals surface area contributed by atoms with Gasteiger partial charge in [-0.15, -0.1) is 0 Å². The summed E-state index contributed by atoms with van der Waals surface area (Å²) in [5.74, 6) is 2.12. The van der Waals surface area contributed by atoms with Crippen molar-refractivity contribution in [3.8, 4) is 17.3 Å². The molecule has 7 aromatic rings. The first-order valence-electron chi connectivity index (χ1n) is 17.6. The second kappa shape index (κ2) is 13.9. The summed E-state index contributed by atoms with van der Waals surface area (Å²) in [6, 6.07) is 43.3. The number of hydrogen-bond donors (Lipinski definition) is 1. The molecule has 2 heterocycles. The second-order valence-corrected chi connectivity index (χ2v) is 16.0. The van der Waals surface area contributed by atoms with Crippen LogP contribution in [0, 0.1) is 26.0 Å². The van der Waals surface area contributed by atoms with Gasteiger partial charge in [0.05, 0.1) is 0 Å². The number of aryl methyl sites for hydroxylation is 2. The normalized spacial score (nSPS) is 12.0. The first kappa shape index (κ1) is 35.4. The fraction of sp³-hybridized carbons (Fsp3) is 0.217. The van der Waals surface area contributed by atoms with E-state index in [9.17, 15) is 0 Å². The van der Waals surface area contributed by atoms with Crippen LogP contribution in [-0.4, -0.2) is 14.1 Å². The van der Waals surface area contributed by atoms with Crippen LogP contribution in [0.25, 0.3) is 27.6 Å². The Morgan fingerprint density at radius 1 is 0.769 bits per heavy atom. The van der Waals surface area contributed by atoms with Gasteiger partial charge in [0.2, 0.25) is 0 Å². The Balaban J connectivity index is 1.32. The molecular formula is C46H44N4OPt-2. The minimum absolute atomic E-state index is 0.0446. The number of benzene rings is 5. The second-order valence-electron chi connectivity index (χ2n) is 15.4. The molecule has 6 heteroatoms. The van der Waals surface area contributed by atoms with E-state index in [0.29, 0.717) is 11.5 Å². The summed E-state index contributed by atoms with van der Waals surface area (Å²) >= 11 is 2.30. The molecule has 52 heavy (non-hydrogen) atoms. The Morgan fingerprint density at radius 2 is 1.54 bits per heavy atom. The van der Waals surface area contributed by atoms with Gasteiger partial charge in [-0.25, -0.2) is 0 Å². The van der Waals surface area contributed by atoms with E-state index < -0.39 is 0 Å². The molecule has 0 unspecified atom stereocenters. The Morgan fingerprint density at radius 3 is 2.27 bits per heavy atom. The SMILES string of the molecule is Cc1cc(Nc2cccc(C(C)(C)C)c2)c(N([CH]=[Pt])c2[c-]c(Oc3[c-]c4c(cc3)c3ccccc3n4-c3ccccn3)c(C(C)(C)C)cc2)cc1C. The molecule has 0 aliphatic carbocycles. The van der Waals surface area contributed by atoms with Crippen LogP contribution in [-0.2, 0) is 30.2 Å². The number of anilines is 4. The van der Waals surface area contributed by atoms with Gasteiger partial charge in [0.15, 0.2) is 0 Å². The van der Waals surface area contributed by atoms with E-state index in [-0.39, 0.29) is 10.8 Å². The van der Waals surface area contributed by atoms with E-state index >= 15 is 0 Å². The van der Waals surface area contributed by atoms with Gasteiger partial charge >= 0.3 is 290 Å². The van der Waals surface area contributed by atoms with Gasteiger partial charge in [0.1, 0.15) is 0 Å². The summed E-state index contributed by atoms with van der Waals surface area (Å²) < 4.78 is 11.0. The first-order chi connectivity index (χ1) is 24.8. The number of ether oxygens (including phenoxy) is 1. The number of fused-ring (bicyclic) bond motifs is 3. The molecule has 7 rings (SSSR count). The summed E-state index contributed by atoms with van der Waals surface area (Å²) in [7, 11) is 0. The molecule has 0 atom stereocenters. The van der Waals surface area contributed by atoms with E-state index in [1.165, 1.54) is 16.7 Å². The number of rotatable bonds is 8. The van der Waals surface area contributed by atoms with Gasteiger partial charge in [-0.1, -0.05) is 18.2 Å². The minimum atomic E-state index is -0.193. The standard InChI is InChI=1S/C46H44N4O.Pt/c1-30-25-39(48-33-16-14-15-32(27-33)45(3,4)5)42(26-31(30)2)49(9)34-20-23-38(46(6,7)8)43(28-34)51-35-21-22-37-36-17-10-11-18-40(36)50(41(37)29-35)44-19-12-13-24-47-44;/h9-27,48H,1-8H3;/q-2;. The van der Waals surface area contributed by atoms with Gasteiger partial charge < -0.3 is 0 Å². The van der Waals surface area contributed by atoms with Crippen molar-refractivity contribution in [3.63, 3.8) is 0 Å². The van der Waals surface area contributed by atoms with E-state index in [4.69, 9.17) is 9.72 Å². The van der Waals surface area contributed by atoms with Gasteiger partial charge in [0.25, 0.3) is 0 Å². The molecular weight excluding hydrogens is 820 g/mol. The van der Waals surface area contributed by atoms with E-state index in [2.05, 4.69) is 185 Å². The van der Waals surface area contributed by atoms with E-state index in [1.54, 1.807) is 0 Å². The Bertz CT molecular complexity index is 2430. The first-order valence-corrected chi connectivity index (χ1v) is 18.9. The quantitative estimate of drug-likeness (QED) is 0.155. The fourth-order valence-electron chi connectivity index (χ4n) is 6.58. The molecule has 0 spiro atoms. The predicted molar refractivity (Wildman–Crippen MR) is 214 cm³/mol. The van der Waals surface area contributed by atoms with Crippen molar-refractivity contribution in [3.05, 3.63) is 144 Å². The van der Waals surface area contributed by atoms with Gasteiger partial charge in [0, 0.05) is 6.20 Å². The fourth-order valence-corrected chi connectivity index (χ4v) is 7.21. The average molecular weight is 864 g/mol. The number of pyridine rings is 1. The van der Waals surface area contributed by atoms with Crippen LogP contribution in [0.3, 0.4) is 0 Å². The van der Waals surface area contributed by atoms with Crippen molar-refractivity contribution in [2.45, 2.75) is 66.2 Å². The summed E-state index contributed by atoms with van der Waals surface area (Å²) in [6.45, 7) is 17.7. The monoisotopic (exact) mass is 863 g/mol. The average Bonchev–Trinajstić information content (AvgIpc) is 3.44. The van der Waals surface area contributed by atoms with Crippen LogP contribution in [0.4, 0.5) is 22.7 Å².